The van der Waals surface area contributed by atoms with Crippen LogP contribution < -0.4 is 4.90 Å². The lowest BCUT2D eigenvalue weighted by Crippen LogP contribution is -2.39. The van der Waals surface area contributed by atoms with E-state index in [1.807, 2.05) is 50.2 Å². The van der Waals surface area contributed by atoms with E-state index >= 15 is 0 Å². The number of fused-ring (bicyclic) bond motifs is 1. The lowest BCUT2D eigenvalue weighted by atomic mass is 10.1. The Morgan fingerprint density at radius 2 is 1.87 bits per heavy atom. The summed E-state index contributed by atoms with van der Waals surface area (Å²) >= 11 is 3.47. The summed E-state index contributed by atoms with van der Waals surface area (Å²) in [5.41, 5.74) is 3.41. The first kappa shape index (κ1) is 19.6. The molecule has 1 saturated heterocycles. The van der Waals surface area contributed by atoms with E-state index in [1.54, 1.807) is 6.07 Å². The number of hydrogen-bond acceptors (Lipinski definition) is 8. The van der Waals surface area contributed by atoms with Crippen molar-refractivity contribution in [2.45, 2.75) is 32.5 Å². The normalized spacial score (nSPS) is 20.1. The molecule has 5 rings (SSSR count). The molecule has 31 heavy (non-hydrogen) atoms. The van der Waals surface area contributed by atoms with Crippen LogP contribution >= 0.6 is 15.9 Å². The molecule has 0 saturated carbocycles. The SMILES string of the molecule is Cc1ccc(N2C(=O)[C@H]3N=NN(Cc4nc(-c5ccccc5Br)no4)[C@H]3C2=O)cc1C. The van der Waals surface area contributed by atoms with Gasteiger partial charge in [0, 0.05) is 10.0 Å². The molecule has 2 atom stereocenters. The third kappa shape index (κ3) is 3.23. The first-order valence-electron chi connectivity index (χ1n) is 9.64. The standard InChI is InChI=1S/C21H17BrN6O3/c1-11-7-8-13(9-12(11)2)28-20(29)17-18(21(28)30)27(26-24-17)10-16-23-19(25-31-16)14-5-3-4-6-15(14)22/h3-9,17-18H,10H2,1-2H3/t17-,18+/m0/s1. The Hall–Kier alpha value is -3.40. The molecule has 3 heterocycles. The minimum absolute atomic E-state index is 0.0713. The second-order valence-corrected chi connectivity index (χ2v) is 8.32. The molecule has 2 aromatic carbocycles. The number of amides is 2. The van der Waals surface area contributed by atoms with Crippen molar-refractivity contribution in [3.63, 3.8) is 0 Å². The van der Waals surface area contributed by atoms with Crippen LogP contribution in [0.2, 0.25) is 0 Å². The molecule has 0 unspecified atom stereocenters. The van der Waals surface area contributed by atoms with E-state index in [0.717, 1.165) is 21.2 Å². The zero-order valence-electron chi connectivity index (χ0n) is 16.7. The van der Waals surface area contributed by atoms with Crippen LogP contribution in [-0.2, 0) is 16.1 Å². The molecule has 0 radical (unpaired) electrons. The van der Waals surface area contributed by atoms with Gasteiger partial charge in [-0.1, -0.05) is 44.5 Å². The molecule has 1 fully saturated rings. The van der Waals surface area contributed by atoms with Gasteiger partial charge in [0.1, 0.15) is 6.54 Å². The van der Waals surface area contributed by atoms with Crippen LogP contribution in [0.25, 0.3) is 11.4 Å². The average molecular weight is 481 g/mol. The molecule has 9 nitrogen and oxygen atoms in total. The first-order chi connectivity index (χ1) is 14.9. The lowest BCUT2D eigenvalue weighted by molar-refractivity contribution is -0.123. The number of benzene rings is 2. The van der Waals surface area contributed by atoms with E-state index in [2.05, 4.69) is 36.4 Å². The lowest BCUT2D eigenvalue weighted by Gasteiger charge is -2.19. The second kappa shape index (κ2) is 7.38. The highest BCUT2D eigenvalue weighted by atomic mass is 79.9. The summed E-state index contributed by atoms with van der Waals surface area (Å²) in [7, 11) is 0. The minimum Gasteiger partial charge on any atom is -0.337 e. The highest BCUT2D eigenvalue weighted by Gasteiger charge is 2.55. The van der Waals surface area contributed by atoms with Crippen LogP contribution in [0.5, 0.6) is 0 Å². The quantitative estimate of drug-likeness (QED) is 0.528. The number of carbonyl (C=O) groups excluding carboxylic acids is 2. The van der Waals surface area contributed by atoms with E-state index in [-0.39, 0.29) is 24.2 Å². The molecule has 2 aliphatic heterocycles. The number of imide groups is 1. The molecule has 10 heteroatoms. The maximum absolute atomic E-state index is 13.1. The summed E-state index contributed by atoms with van der Waals surface area (Å²) in [6, 6.07) is 11.3. The van der Waals surface area contributed by atoms with Crippen molar-refractivity contribution >= 4 is 33.4 Å². The van der Waals surface area contributed by atoms with Gasteiger partial charge in [-0.2, -0.15) is 10.1 Å². The van der Waals surface area contributed by atoms with E-state index in [0.29, 0.717) is 11.5 Å². The molecule has 0 spiro atoms. The second-order valence-electron chi connectivity index (χ2n) is 7.46. The van der Waals surface area contributed by atoms with Crippen molar-refractivity contribution in [3.8, 4) is 11.4 Å². The smallest absolute Gasteiger partial charge is 0.263 e. The summed E-state index contributed by atoms with van der Waals surface area (Å²) in [6.07, 6.45) is 0. The molecule has 156 valence electrons. The Morgan fingerprint density at radius 3 is 2.65 bits per heavy atom. The molecule has 3 aromatic rings. The van der Waals surface area contributed by atoms with Crippen molar-refractivity contribution in [3.05, 3.63) is 64.0 Å². The van der Waals surface area contributed by atoms with Gasteiger partial charge >= 0.3 is 0 Å². The van der Waals surface area contributed by atoms with Crippen LogP contribution in [0.3, 0.4) is 0 Å². The topological polar surface area (TPSA) is 104 Å². The summed E-state index contributed by atoms with van der Waals surface area (Å²) in [5, 5.41) is 13.5. The molecular weight excluding hydrogens is 464 g/mol. The van der Waals surface area contributed by atoms with Gasteiger partial charge in [-0.25, -0.2) is 4.90 Å². The Labute approximate surface area is 185 Å². The summed E-state index contributed by atoms with van der Waals surface area (Å²) in [5.74, 6) is -0.0614. The van der Waals surface area contributed by atoms with Crippen molar-refractivity contribution in [1.82, 2.24) is 15.1 Å². The van der Waals surface area contributed by atoms with Gasteiger partial charge in [-0.05, 0) is 49.2 Å². The highest BCUT2D eigenvalue weighted by molar-refractivity contribution is 9.10. The Bertz CT molecular complexity index is 1240. The zero-order chi connectivity index (χ0) is 21.7. The summed E-state index contributed by atoms with van der Waals surface area (Å²) in [6.45, 7) is 3.99. The van der Waals surface area contributed by atoms with Gasteiger partial charge < -0.3 is 4.52 Å². The third-order valence-corrected chi connectivity index (χ3v) is 6.18. The van der Waals surface area contributed by atoms with Crippen molar-refractivity contribution in [2.75, 3.05) is 4.90 Å². The van der Waals surface area contributed by atoms with Crippen LogP contribution in [0.4, 0.5) is 5.69 Å². The molecule has 0 N–H and O–H groups in total. The van der Waals surface area contributed by atoms with Gasteiger partial charge in [0.25, 0.3) is 11.8 Å². The summed E-state index contributed by atoms with van der Waals surface area (Å²) in [4.78, 5) is 31.6. The third-order valence-electron chi connectivity index (χ3n) is 5.49. The largest absolute Gasteiger partial charge is 0.337 e. The fourth-order valence-corrected chi connectivity index (χ4v) is 4.14. The van der Waals surface area contributed by atoms with E-state index in [1.165, 1.54) is 9.91 Å². The number of aromatic nitrogens is 2. The fraction of sp³-hybridized carbons (Fsp3) is 0.238. The van der Waals surface area contributed by atoms with Gasteiger partial charge in [-0.3, -0.25) is 14.6 Å². The molecule has 0 bridgehead atoms. The monoisotopic (exact) mass is 480 g/mol. The van der Waals surface area contributed by atoms with Crippen LogP contribution in [0.15, 0.2) is 61.8 Å². The van der Waals surface area contributed by atoms with Crippen LogP contribution in [-0.4, -0.2) is 39.0 Å². The summed E-state index contributed by atoms with van der Waals surface area (Å²) < 4.78 is 6.19. The number of aryl methyl sites for hydroxylation is 2. The molecule has 1 aromatic heterocycles. The van der Waals surface area contributed by atoms with E-state index < -0.39 is 12.1 Å². The number of halogens is 1. The number of nitrogens with zero attached hydrogens (tertiary/aromatic N) is 6. The molecule has 0 aliphatic carbocycles. The van der Waals surface area contributed by atoms with Crippen molar-refractivity contribution in [1.29, 1.82) is 0 Å². The fourth-order valence-electron chi connectivity index (χ4n) is 3.68. The minimum atomic E-state index is -0.875. The van der Waals surface area contributed by atoms with Crippen LogP contribution in [0, 0.1) is 13.8 Å². The average Bonchev–Trinajstić information content (AvgIpc) is 3.43. The number of hydrogen-bond donors (Lipinski definition) is 0. The zero-order valence-corrected chi connectivity index (χ0v) is 18.3. The molecule has 2 aliphatic rings. The Balaban J connectivity index is 1.38. The number of rotatable bonds is 4. The van der Waals surface area contributed by atoms with E-state index in [9.17, 15) is 9.59 Å². The van der Waals surface area contributed by atoms with Gasteiger partial charge in [-0.15, -0.1) is 0 Å². The maximum Gasteiger partial charge on any atom is 0.263 e. The number of carbonyl (C=O) groups is 2. The van der Waals surface area contributed by atoms with Gasteiger partial charge in [0.05, 0.1) is 5.69 Å². The molecular formula is C21H17BrN6O3. The molecule has 2 amide bonds. The maximum atomic E-state index is 13.1. The number of anilines is 1. The van der Waals surface area contributed by atoms with E-state index in [4.69, 9.17) is 4.52 Å². The Kier molecular flexibility index (Phi) is 4.66. The van der Waals surface area contributed by atoms with Crippen LogP contribution in [0.1, 0.15) is 17.0 Å². The van der Waals surface area contributed by atoms with Gasteiger partial charge in [0.15, 0.2) is 12.1 Å². The van der Waals surface area contributed by atoms with Crippen molar-refractivity contribution < 1.29 is 14.1 Å². The predicted molar refractivity (Wildman–Crippen MR) is 114 cm³/mol. The predicted octanol–water partition coefficient (Wildman–Crippen LogP) is 3.61. The Morgan fingerprint density at radius 1 is 1.06 bits per heavy atom. The van der Waals surface area contributed by atoms with Gasteiger partial charge in [0.2, 0.25) is 11.7 Å². The highest BCUT2D eigenvalue weighted by Crippen LogP contribution is 2.33. The first-order valence-corrected chi connectivity index (χ1v) is 10.4. The van der Waals surface area contributed by atoms with Crippen molar-refractivity contribution in [2.24, 2.45) is 10.3 Å².